The molecule has 0 bridgehead atoms. The molecule has 0 saturated heterocycles. The zero-order valence-corrected chi connectivity index (χ0v) is 19.0. The Morgan fingerprint density at radius 3 is 2.43 bits per heavy atom. The van der Waals surface area contributed by atoms with Gasteiger partial charge in [-0.3, -0.25) is 4.90 Å². The fraction of sp³-hybridized carbons (Fsp3) is 0.160. The van der Waals surface area contributed by atoms with E-state index in [1.807, 2.05) is 12.1 Å². The van der Waals surface area contributed by atoms with Crippen LogP contribution in [0.2, 0.25) is 0 Å². The average Bonchev–Trinajstić information content (AvgIpc) is 3.34. The normalized spacial score (nSPS) is 15.9. The molecule has 0 radical (unpaired) electrons. The minimum absolute atomic E-state index is 0.0479. The van der Waals surface area contributed by atoms with E-state index >= 15 is 0 Å². The summed E-state index contributed by atoms with van der Waals surface area (Å²) in [4.78, 5) is 31.0. The Bertz CT molecular complexity index is 1500. The molecule has 3 aromatic rings. The van der Waals surface area contributed by atoms with Crippen LogP contribution in [0.1, 0.15) is 46.0 Å². The molecular weight excluding hydrogens is 491 g/mol. The summed E-state index contributed by atoms with van der Waals surface area (Å²) in [5.74, 6) is -1.52. The van der Waals surface area contributed by atoms with Gasteiger partial charge in [0.1, 0.15) is 12.8 Å². The third kappa shape index (κ3) is 4.73. The van der Waals surface area contributed by atoms with Crippen molar-refractivity contribution in [2.45, 2.75) is 25.7 Å². The number of hydrogen-bond acceptors (Lipinski definition) is 6. The van der Waals surface area contributed by atoms with Gasteiger partial charge in [-0.25, -0.2) is 14.6 Å². The fourth-order valence-electron chi connectivity index (χ4n) is 4.00. The quantitative estimate of drug-likeness (QED) is 0.499. The van der Waals surface area contributed by atoms with Gasteiger partial charge in [-0.05, 0) is 42.8 Å². The van der Waals surface area contributed by atoms with Gasteiger partial charge in [0.2, 0.25) is 5.89 Å². The standard InChI is InChI=1S/C25H16F3N5O4/c1-14-19(11-30)22(16-7-5-15(10-29)6-8-16)32(12-21-31-20(13-37-21)23(34)35)24(36)33(14)18-4-2-3-17(9-18)25(26,27)28/h2-9,13,22H,12H2,1H3,(H,34,35). The minimum Gasteiger partial charge on any atom is -0.476 e. The first-order chi connectivity index (χ1) is 17.5. The number of carboxylic acids is 1. The van der Waals surface area contributed by atoms with E-state index < -0.39 is 42.0 Å². The second kappa shape index (κ2) is 9.51. The molecule has 0 saturated carbocycles. The highest BCUT2D eigenvalue weighted by atomic mass is 19.4. The number of oxazole rings is 1. The number of allylic oxidation sites excluding steroid dienone is 1. The summed E-state index contributed by atoms with van der Waals surface area (Å²) in [6, 6.07) is 12.4. The highest BCUT2D eigenvalue weighted by molar-refractivity contribution is 5.97. The average molecular weight is 507 g/mol. The number of hydrogen-bond donors (Lipinski definition) is 1. The van der Waals surface area contributed by atoms with E-state index in [1.54, 1.807) is 12.1 Å². The second-order valence-electron chi connectivity index (χ2n) is 7.97. The first-order valence-electron chi connectivity index (χ1n) is 10.6. The summed E-state index contributed by atoms with van der Waals surface area (Å²) in [7, 11) is 0. The molecule has 0 spiro atoms. The zero-order valence-electron chi connectivity index (χ0n) is 19.0. The van der Waals surface area contributed by atoms with Gasteiger partial charge in [-0.15, -0.1) is 0 Å². The molecule has 1 aliphatic rings. The fourth-order valence-corrected chi connectivity index (χ4v) is 4.00. The van der Waals surface area contributed by atoms with Gasteiger partial charge in [0.25, 0.3) is 0 Å². The maximum Gasteiger partial charge on any atom is 0.416 e. The molecule has 186 valence electrons. The highest BCUT2D eigenvalue weighted by Crippen LogP contribution is 2.41. The molecule has 1 unspecified atom stereocenters. The summed E-state index contributed by atoms with van der Waals surface area (Å²) in [5.41, 5.74) is -0.576. The molecule has 1 aliphatic heterocycles. The van der Waals surface area contributed by atoms with Gasteiger partial charge in [-0.1, -0.05) is 18.2 Å². The Labute approximate surface area is 207 Å². The molecule has 37 heavy (non-hydrogen) atoms. The minimum atomic E-state index is -4.67. The van der Waals surface area contributed by atoms with Crippen LogP contribution in [-0.2, 0) is 12.7 Å². The summed E-state index contributed by atoms with van der Waals surface area (Å²) >= 11 is 0. The number of urea groups is 1. The van der Waals surface area contributed by atoms with Crippen molar-refractivity contribution in [2.75, 3.05) is 4.90 Å². The molecular formula is C25H16F3N5O4. The van der Waals surface area contributed by atoms with Crippen LogP contribution in [0.5, 0.6) is 0 Å². The number of halogens is 3. The van der Waals surface area contributed by atoms with Gasteiger partial charge in [-0.2, -0.15) is 23.7 Å². The Balaban J connectivity index is 1.88. The van der Waals surface area contributed by atoms with E-state index in [4.69, 9.17) is 14.8 Å². The molecule has 0 aliphatic carbocycles. The van der Waals surface area contributed by atoms with Gasteiger partial charge in [0.15, 0.2) is 5.69 Å². The molecule has 1 atom stereocenters. The molecule has 2 aromatic carbocycles. The number of aromatic nitrogens is 1. The van der Waals surface area contributed by atoms with Gasteiger partial charge in [0.05, 0.1) is 40.6 Å². The van der Waals surface area contributed by atoms with Crippen LogP contribution in [0.15, 0.2) is 70.5 Å². The number of aromatic carboxylic acids is 1. The van der Waals surface area contributed by atoms with Crippen molar-refractivity contribution in [3.05, 3.63) is 94.3 Å². The number of benzene rings is 2. The number of carboxylic acid groups (broad SMARTS) is 1. The first kappa shape index (κ1) is 25.0. The lowest BCUT2D eigenvalue weighted by Gasteiger charge is -2.41. The Kier molecular flexibility index (Phi) is 6.43. The summed E-state index contributed by atoms with van der Waals surface area (Å²) in [6.07, 6.45) is -3.78. The van der Waals surface area contributed by atoms with Crippen molar-refractivity contribution in [3.8, 4) is 12.1 Å². The molecule has 12 heteroatoms. The zero-order chi connectivity index (χ0) is 26.9. The van der Waals surface area contributed by atoms with Crippen molar-refractivity contribution in [2.24, 2.45) is 0 Å². The van der Waals surface area contributed by atoms with Crippen LogP contribution in [0.4, 0.5) is 23.7 Å². The summed E-state index contributed by atoms with van der Waals surface area (Å²) < 4.78 is 45.3. The Hall–Kier alpha value is -5.10. The van der Waals surface area contributed by atoms with Crippen molar-refractivity contribution in [3.63, 3.8) is 0 Å². The van der Waals surface area contributed by atoms with Crippen LogP contribution in [0.3, 0.4) is 0 Å². The Morgan fingerprint density at radius 2 is 1.86 bits per heavy atom. The molecule has 0 fully saturated rings. The number of nitriles is 2. The topological polar surface area (TPSA) is 134 Å². The van der Waals surface area contributed by atoms with Crippen molar-refractivity contribution in [1.29, 1.82) is 10.5 Å². The first-order valence-corrected chi connectivity index (χ1v) is 10.6. The number of carbonyl (C=O) groups excluding carboxylic acids is 1. The lowest BCUT2D eigenvalue weighted by Crippen LogP contribution is -2.49. The van der Waals surface area contributed by atoms with E-state index in [0.29, 0.717) is 11.1 Å². The van der Waals surface area contributed by atoms with Crippen LogP contribution in [0, 0.1) is 22.7 Å². The van der Waals surface area contributed by atoms with Gasteiger partial charge >= 0.3 is 18.2 Å². The molecule has 2 heterocycles. The number of anilines is 1. The number of nitrogens with zero attached hydrogens (tertiary/aromatic N) is 5. The lowest BCUT2D eigenvalue weighted by atomic mass is 9.93. The third-order valence-electron chi connectivity index (χ3n) is 5.73. The van der Waals surface area contributed by atoms with Crippen LogP contribution >= 0.6 is 0 Å². The molecule has 2 amide bonds. The van der Waals surface area contributed by atoms with Crippen LogP contribution in [-0.4, -0.2) is 27.0 Å². The summed E-state index contributed by atoms with van der Waals surface area (Å²) in [5, 5.41) is 28.3. The summed E-state index contributed by atoms with van der Waals surface area (Å²) in [6.45, 7) is 1.04. The lowest BCUT2D eigenvalue weighted by molar-refractivity contribution is -0.137. The van der Waals surface area contributed by atoms with E-state index in [9.17, 15) is 28.0 Å². The monoisotopic (exact) mass is 507 g/mol. The van der Waals surface area contributed by atoms with Crippen molar-refractivity contribution in [1.82, 2.24) is 9.88 Å². The maximum atomic E-state index is 13.8. The SMILES string of the molecule is CC1=C(C#N)C(c2ccc(C#N)cc2)N(Cc2nc(C(=O)O)co2)C(=O)N1c1cccc(C(F)(F)F)c1. The number of carbonyl (C=O) groups is 2. The van der Waals surface area contributed by atoms with Gasteiger partial charge in [0, 0.05) is 5.70 Å². The highest BCUT2D eigenvalue weighted by Gasteiger charge is 2.41. The van der Waals surface area contributed by atoms with E-state index in [1.165, 1.54) is 25.1 Å². The second-order valence-corrected chi connectivity index (χ2v) is 7.97. The molecule has 1 aromatic heterocycles. The van der Waals surface area contributed by atoms with Crippen molar-refractivity contribution >= 4 is 17.7 Å². The van der Waals surface area contributed by atoms with E-state index in [0.717, 1.165) is 34.3 Å². The van der Waals surface area contributed by atoms with Crippen LogP contribution < -0.4 is 4.90 Å². The molecule has 9 nitrogen and oxygen atoms in total. The van der Waals surface area contributed by atoms with E-state index in [-0.39, 0.29) is 22.8 Å². The number of rotatable bonds is 5. The molecule has 4 rings (SSSR count). The number of alkyl halides is 3. The predicted octanol–water partition coefficient (Wildman–Crippen LogP) is 5.24. The smallest absolute Gasteiger partial charge is 0.416 e. The molecule has 1 N–H and O–H groups in total. The maximum absolute atomic E-state index is 13.8. The van der Waals surface area contributed by atoms with Crippen molar-refractivity contribution < 1.29 is 32.3 Å². The predicted molar refractivity (Wildman–Crippen MR) is 121 cm³/mol. The number of amides is 2. The van der Waals surface area contributed by atoms with E-state index in [2.05, 4.69) is 4.98 Å². The Morgan fingerprint density at radius 1 is 1.16 bits per heavy atom. The largest absolute Gasteiger partial charge is 0.476 e. The van der Waals surface area contributed by atoms with Crippen LogP contribution in [0.25, 0.3) is 0 Å². The third-order valence-corrected chi connectivity index (χ3v) is 5.73. The van der Waals surface area contributed by atoms with Gasteiger partial charge < -0.3 is 14.4 Å².